The molecule has 0 radical (unpaired) electrons. The van der Waals surface area contributed by atoms with Crippen molar-refractivity contribution in [3.05, 3.63) is 118 Å². The van der Waals surface area contributed by atoms with E-state index >= 15 is 0 Å². The molecule has 3 aromatic carbocycles. The van der Waals surface area contributed by atoms with Crippen LogP contribution in [0, 0.1) is 0 Å². The minimum absolute atomic E-state index is 0.0403. The van der Waals surface area contributed by atoms with E-state index in [-0.39, 0.29) is 17.4 Å². The molecule has 0 saturated carbocycles. The quantitative estimate of drug-likeness (QED) is 0.115. The van der Waals surface area contributed by atoms with Crippen molar-refractivity contribution in [1.82, 2.24) is 5.32 Å². The Hall–Kier alpha value is -4.47. The summed E-state index contributed by atoms with van der Waals surface area (Å²) in [6.45, 7) is 3.28. The van der Waals surface area contributed by atoms with E-state index in [0.29, 0.717) is 22.5 Å². The third-order valence-electron chi connectivity index (χ3n) is 5.72. The van der Waals surface area contributed by atoms with Crippen LogP contribution in [0.3, 0.4) is 0 Å². The van der Waals surface area contributed by atoms with E-state index in [1.54, 1.807) is 79.7 Å². The maximum atomic E-state index is 13.2. The summed E-state index contributed by atoms with van der Waals surface area (Å²) >= 11 is 2.83. The molecule has 0 saturated heterocycles. The summed E-state index contributed by atoms with van der Waals surface area (Å²) < 4.78 is 0. The predicted octanol–water partition coefficient (Wildman–Crippen LogP) is 6.48. The van der Waals surface area contributed by atoms with Crippen molar-refractivity contribution in [1.29, 1.82) is 0 Å². The van der Waals surface area contributed by atoms with E-state index in [1.807, 2.05) is 29.0 Å². The smallest absolute Gasteiger partial charge is 0.272 e. The van der Waals surface area contributed by atoms with Crippen LogP contribution >= 0.6 is 23.1 Å². The lowest BCUT2D eigenvalue weighted by atomic mass is 10.1. The standard InChI is InChI=1S/C31H27N3O4S2/c1-20(35)23-11-13-25(14-12-23)32-29(36)21(2)40-27-10-6-9-26(18-27)33-31(38)28(17-22-15-16-39-19-22)34-30(37)24-7-4-3-5-8-24/h3-19,21H,1-2H3,(H,32,36)(H,33,38)(H,34,37)/b28-17-. The zero-order chi connectivity index (χ0) is 28.5. The fourth-order valence-corrected chi connectivity index (χ4v) is 5.15. The van der Waals surface area contributed by atoms with E-state index in [1.165, 1.54) is 30.0 Å². The Morgan fingerprint density at radius 3 is 2.25 bits per heavy atom. The van der Waals surface area contributed by atoms with Crippen molar-refractivity contribution in [3.8, 4) is 0 Å². The Balaban J connectivity index is 1.42. The molecule has 0 spiro atoms. The van der Waals surface area contributed by atoms with Gasteiger partial charge in [-0.3, -0.25) is 19.2 Å². The second-order valence-electron chi connectivity index (χ2n) is 8.80. The lowest BCUT2D eigenvalue weighted by Gasteiger charge is -2.14. The van der Waals surface area contributed by atoms with Gasteiger partial charge in [0, 0.05) is 27.4 Å². The maximum absolute atomic E-state index is 13.2. The minimum Gasteiger partial charge on any atom is -0.325 e. The van der Waals surface area contributed by atoms with Gasteiger partial charge in [-0.05, 0) is 96.9 Å². The van der Waals surface area contributed by atoms with E-state index in [4.69, 9.17) is 0 Å². The number of rotatable bonds is 10. The molecule has 1 atom stereocenters. The second kappa shape index (κ2) is 13.5. The molecule has 0 fully saturated rings. The van der Waals surface area contributed by atoms with Crippen LogP contribution in [-0.4, -0.2) is 28.8 Å². The molecule has 1 unspecified atom stereocenters. The van der Waals surface area contributed by atoms with Gasteiger partial charge in [0.05, 0.1) is 5.25 Å². The summed E-state index contributed by atoms with van der Waals surface area (Å²) in [4.78, 5) is 51.0. The lowest BCUT2D eigenvalue weighted by molar-refractivity contribution is -0.115. The fourth-order valence-electron chi connectivity index (χ4n) is 3.60. The van der Waals surface area contributed by atoms with Crippen LogP contribution < -0.4 is 16.0 Å². The number of Topliss-reactive ketones (excluding diaryl/α,β-unsaturated/α-hetero) is 1. The van der Waals surface area contributed by atoms with Crippen molar-refractivity contribution >= 4 is 64.1 Å². The van der Waals surface area contributed by atoms with Gasteiger partial charge >= 0.3 is 0 Å². The third-order valence-corrected chi connectivity index (χ3v) is 7.51. The van der Waals surface area contributed by atoms with Crippen LogP contribution in [0.5, 0.6) is 0 Å². The molecule has 40 heavy (non-hydrogen) atoms. The molecular weight excluding hydrogens is 542 g/mol. The highest BCUT2D eigenvalue weighted by Gasteiger charge is 2.17. The molecule has 0 aliphatic carbocycles. The molecule has 0 aliphatic rings. The Labute approximate surface area is 240 Å². The number of thiophene rings is 1. The highest BCUT2D eigenvalue weighted by molar-refractivity contribution is 8.00. The number of hydrogen-bond donors (Lipinski definition) is 3. The largest absolute Gasteiger partial charge is 0.325 e. The number of hydrogen-bond acceptors (Lipinski definition) is 6. The van der Waals surface area contributed by atoms with Crippen LogP contribution in [-0.2, 0) is 9.59 Å². The first-order valence-electron chi connectivity index (χ1n) is 12.4. The molecule has 4 aromatic rings. The van der Waals surface area contributed by atoms with Crippen molar-refractivity contribution in [2.45, 2.75) is 24.0 Å². The maximum Gasteiger partial charge on any atom is 0.272 e. The molecule has 3 amide bonds. The minimum atomic E-state index is -0.475. The summed E-state index contributed by atoms with van der Waals surface area (Å²) in [5, 5.41) is 11.8. The number of thioether (sulfide) groups is 1. The van der Waals surface area contributed by atoms with Crippen LogP contribution in [0.1, 0.15) is 40.1 Å². The zero-order valence-electron chi connectivity index (χ0n) is 21.8. The molecule has 3 N–H and O–H groups in total. The Kier molecular flexibility index (Phi) is 9.66. The molecule has 202 valence electrons. The molecule has 1 heterocycles. The lowest BCUT2D eigenvalue weighted by Crippen LogP contribution is -2.30. The number of amides is 3. The van der Waals surface area contributed by atoms with Gasteiger partial charge in [-0.1, -0.05) is 24.3 Å². The summed E-state index contributed by atoms with van der Waals surface area (Å²) in [6.07, 6.45) is 1.63. The van der Waals surface area contributed by atoms with Crippen molar-refractivity contribution in [2.75, 3.05) is 10.6 Å². The van der Waals surface area contributed by atoms with E-state index < -0.39 is 17.1 Å². The van der Waals surface area contributed by atoms with Crippen LogP contribution in [0.15, 0.2) is 106 Å². The summed E-state index contributed by atoms with van der Waals surface area (Å²) in [7, 11) is 0. The van der Waals surface area contributed by atoms with E-state index in [2.05, 4.69) is 16.0 Å². The summed E-state index contributed by atoms with van der Waals surface area (Å²) in [6, 6.07) is 24.4. The zero-order valence-corrected chi connectivity index (χ0v) is 23.5. The number of benzene rings is 3. The molecular formula is C31H27N3O4S2. The van der Waals surface area contributed by atoms with Gasteiger partial charge < -0.3 is 16.0 Å². The average Bonchev–Trinajstić information content (AvgIpc) is 3.47. The number of carbonyl (C=O) groups is 4. The van der Waals surface area contributed by atoms with Gasteiger partial charge in [0.1, 0.15) is 5.70 Å². The Morgan fingerprint density at radius 2 is 1.57 bits per heavy atom. The number of anilines is 2. The Morgan fingerprint density at radius 1 is 0.825 bits per heavy atom. The van der Waals surface area contributed by atoms with Gasteiger partial charge in [-0.2, -0.15) is 11.3 Å². The monoisotopic (exact) mass is 569 g/mol. The first-order valence-corrected chi connectivity index (χ1v) is 14.2. The average molecular weight is 570 g/mol. The van der Waals surface area contributed by atoms with Crippen LogP contribution in [0.2, 0.25) is 0 Å². The van der Waals surface area contributed by atoms with Gasteiger partial charge in [-0.25, -0.2) is 0 Å². The van der Waals surface area contributed by atoms with Gasteiger partial charge in [0.25, 0.3) is 11.8 Å². The first kappa shape index (κ1) is 28.5. The molecule has 7 nitrogen and oxygen atoms in total. The van der Waals surface area contributed by atoms with Gasteiger partial charge in [0.2, 0.25) is 5.91 Å². The van der Waals surface area contributed by atoms with E-state index in [9.17, 15) is 19.2 Å². The van der Waals surface area contributed by atoms with Crippen LogP contribution in [0.4, 0.5) is 11.4 Å². The third kappa shape index (κ3) is 8.02. The number of ketones is 1. The highest BCUT2D eigenvalue weighted by atomic mass is 32.2. The summed E-state index contributed by atoms with van der Waals surface area (Å²) in [5.74, 6) is -1.10. The van der Waals surface area contributed by atoms with Crippen molar-refractivity contribution < 1.29 is 19.2 Å². The SMILES string of the molecule is CC(=O)c1ccc(NC(=O)C(C)Sc2cccc(NC(=O)/C(=C/c3ccsc3)NC(=O)c3ccccc3)c2)cc1. The fraction of sp³-hybridized carbons (Fsp3) is 0.0968. The molecule has 4 rings (SSSR count). The second-order valence-corrected chi connectivity index (χ2v) is 11.0. The molecule has 0 aliphatic heterocycles. The van der Waals surface area contributed by atoms with Crippen molar-refractivity contribution in [2.24, 2.45) is 0 Å². The van der Waals surface area contributed by atoms with Gasteiger partial charge in [-0.15, -0.1) is 11.8 Å². The van der Waals surface area contributed by atoms with Crippen LogP contribution in [0.25, 0.3) is 6.08 Å². The topological polar surface area (TPSA) is 104 Å². The highest BCUT2D eigenvalue weighted by Crippen LogP contribution is 2.27. The first-order chi connectivity index (χ1) is 19.3. The van der Waals surface area contributed by atoms with E-state index in [0.717, 1.165) is 10.5 Å². The predicted molar refractivity (Wildman–Crippen MR) is 162 cm³/mol. The number of nitrogens with one attached hydrogen (secondary N) is 3. The molecule has 0 bridgehead atoms. The number of carbonyl (C=O) groups excluding carboxylic acids is 4. The van der Waals surface area contributed by atoms with Crippen molar-refractivity contribution in [3.63, 3.8) is 0 Å². The summed E-state index contributed by atoms with van der Waals surface area (Å²) in [5.41, 5.74) is 3.04. The Bertz CT molecular complexity index is 1530. The normalized spacial score (nSPS) is 11.8. The molecule has 9 heteroatoms. The molecule has 1 aromatic heterocycles. The van der Waals surface area contributed by atoms with Gasteiger partial charge in [0.15, 0.2) is 5.78 Å².